The first-order valence-corrected chi connectivity index (χ1v) is 6.81. The molecular formula is C15H16BrNO2. The van der Waals surface area contributed by atoms with Crippen molar-refractivity contribution in [3.8, 4) is 5.69 Å². The Bertz CT molecular complexity index is 648. The number of aromatic nitrogens is 1. The lowest BCUT2D eigenvalue weighted by molar-refractivity contribution is 0.0696. The number of nitrogens with zero attached hydrogens (tertiary/aromatic N) is 1. The Balaban J connectivity index is 2.77. The summed E-state index contributed by atoms with van der Waals surface area (Å²) in [6.45, 7) is 7.83. The third-order valence-electron chi connectivity index (χ3n) is 3.28. The van der Waals surface area contributed by atoms with Gasteiger partial charge in [-0.2, -0.15) is 0 Å². The molecule has 0 aliphatic heterocycles. The van der Waals surface area contributed by atoms with Crippen LogP contribution in [0.25, 0.3) is 5.69 Å². The van der Waals surface area contributed by atoms with Crippen LogP contribution in [0.5, 0.6) is 0 Å². The summed E-state index contributed by atoms with van der Waals surface area (Å²) in [6, 6.07) is 5.85. The van der Waals surface area contributed by atoms with E-state index in [-0.39, 0.29) is 0 Å². The molecule has 4 heteroatoms. The van der Waals surface area contributed by atoms with Gasteiger partial charge in [-0.1, -0.05) is 6.07 Å². The predicted molar refractivity (Wildman–Crippen MR) is 79.4 cm³/mol. The highest BCUT2D eigenvalue weighted by atomic mass is 79.9. The van der Waals surface area contributed by atoms with E-state index in [1.54, 1.807) is 6.07 Å². The molecule has 0 atom stereocenters. The van der Waals surface area contributed by atoms with E-state index >= 15 is 0 Å². The Hall–Kier alpha value is -1.55. The lowest BCUT2D eigenvalue weighted by Crippen LogP contribution is -2.05. The Morgan fingerprint density at radius 3 is 2.26 bits per heavy atom. The van der Waals surface area contributed by atoms with Gasteiger partial charge in [0.05, 0.1) is 11.3 Å². The van der Waals surface area contributed by atoms with Crippen molar-refractivity contribution in [1.29, 1.82) is 0 Å². The van der Waals surface area contributed by atoms with Gasteiger partial charge in [-0.3, -0.25) is 0 Å². The van der Waals surface area contributed by atoms with Crippen molar-refractivity contribution >= 4 is 21.9 Å². The molecule has 1 N–H and O–H groups in total. The molecule has 3 nitrogen and oxygen atoms in total. The molecule has 0 bridgehead atoms. The quantitative estimate of drug-likeness (QED) is 0.901. The first-order valence-electron chi connectivity index (χ1n) is 6.02. The summed E-state index contributed by atoms with van der Waals surface area (Å²) in [5.41, 5.74) is 5.32. The molecule has 1 aromatic heterocycles. The van der Waals surface area contributed by atoms with Crippen molar-refractivity contribution < 1.29 is 9.90 Å². The van der Waals surface area contributed by atoms with Crippen LogP contribution in [0, 0.1) is 27.7 Å². The van der Waals surface area contributed by atoms with E-state index in [1.807, 2.05) is 38.3 Å². The fourth-order valence-electron chi connectivity index (χ4n) is 2.51. The molecule has 0 spiro atoms. The summed E-state index contributed by atoms with van der Waals surface area (Å²) >= 11 is 3.58. The second-order valence-electron chi connectivity index (χ2n) is 4.84. The molecule has 0 amide bonds. The van der Waals surface area contributed by atoms with Gasteiger partial charge in [0.1, 0.15) is 0 Å². The number of carboxylic acid groups (broad SMARTS) is 1. The summed E-state index contributed by atoms with van der Waals surface area (Å²) in [6.07, 6.45) is 0. The lowest BCUT2D eigenvalue weighted by Gasteiger charge is -2.15. The Kier molecular flexibility index (Phi) is 3.54. The third kappa shape index (κ3) is 2.32. The number of carbonyl (C=O) groups is 1. The van der Waals surface area contributed by atoms with Gasteiger partial charge in [-0.05, 0) is 66.9 Å². The maximum absolute atomic E-state index is 11.2. The highest BCUT2D eigenvalue weighted by Crippen LogP contribution is 2.30. The van der Waals surface area contributed by atoms with Gasteiger partial charge in [0.2, 0.25) is 0 Å². The largest absolute Gasteiger partial charge is 0.478 e. The third-order valence-corrected chi connectivity index (χ3v) is 3.89. The Morgan fingerprint density at radius 2 is 1.79 bits per heavy atom. The molecule has 0 fully saturated rings. The van der Waals surface area contributed by atoms with E-state index < -0.39 is 5.97 Å². The van der Waals surface area contributed by atoms with Gasteiger partial charge >= 0.3 is 5.97 Å². The first-order chi connectivity index (χ1) is 8.82. The van der Waals surface area contributed by atoms with Crippen molar-refractivity contribution in [1.82, 2.24) is 4.57 Å². The smallest absolute Gasteiger partial charge is 0.337 e. The molecule has 19 heavy (non-hydrogen) atoms. The van der Waals surface area contributed by atoms with Crippen LogP contribution in [0.1, 0.15) is 32.9 Å². The van der Waals surface area contributed by atoms with Crippen LogP contribution in [0.4, 0.5) is 0 Å². The van der Waals surface area contributed by atoms with Gasteiger partial charge in [0.25, 0.3) is 0 Å². The highest BCUT2D eigenvalue weighted by molar-refractivity contribution is 9.10. The van der Waals surface area contributed by atoms with Crippen LogP contribution in [-0.4, -0.2) is 15.6 Å². The predicted octanol–water partition coefficient (Wildman–Crippen LogP) is 4.17. The zero-order valence-corrected chi connectivity index (χ0v) is 13.0. The average molecular weight is 322 g/mol. The van der Waals surface area contributed by atoms with Gasteiger partial charge in [0, 0.05) is 15.9 Å². The summed E-state index contributed by atoms with van der Waals surface area (Å²) in [5, 5.41) is 9.21. The second kappa shape index (κ2) is 4.85. The van der Waals surface area contributed by atoms with E-state index in [9.17, 15) is 9.90 Å². The monoisotopic (exact) mass is 321 g/mol. The van der Waals surface area contributed by atoms with Crippen molar-refractivity contribution in [3.05, 3.63) is 50.8 Å². The van der Waals surface area contributed by atoms with E-state index in [1.165, 1.54) is 5.56 Å². The Labute approximate surface area is 121 Å². The molecule has 0 unspecified atom stereocenters. The number of hydrogen-bond donors (Lipinski definition) is 1. The lowest BCUT2D eigenvalue weighted by atomic mass is 10.1. The van der Waals surface area contributed by atoms with Gasteiger partial charge in [-0.15, -0.1) is 0 Å². The van der Waals surface area contributed by atoms with Crippen LogP contribution >= 0.6 is 15.9 Å². The molecule has 100 valence electrons. The zero-order chi connectivity index (χ0) is 14.3. The minimum Gasteiger partial charge on any atom is -0.478 e. The average Bonchev–Trinajstić information content (AvgIpc) is 2.55. The van der Waals surface area contributed by atoms with Gasteiger partial charge < -0.3 is 9.67 Å². The van der Waals surface area contributed by atoms with Crippen LogP contribution in [-0.2, 0) is 0 Å². The van der Waals surface area contributed by atoms with E-state index in [2.05, 4.69) is 22.0 Å². The SMILES string of the molecule is Cc1cc(C)c(-n2c(C)cc(C(=O)O)c2C)c(Br)c1. The van der Waals surface area contributed by atoms with Crippen molar-refractivity contribution in [2.45, 2.75) is 27.7 Å². The number of aryl methyl sites for hydroxylation is 3. The van der Waals surface area contributed by atoms with Crippen LogP contribution in [0.2, 0.25) is 0 Å². The Morgan fingerprint density at radius 1 is 1.16 bits per heavy atom. The molecule has 2 rings (SSSR count). The summed E-state index contributed by atoms with van der Waals surface area (Å²) in [5.74, 6) is -0.889. The molecule has 1 aromatic carbocycles. The molecule has 0 radical (unpaired) electrons. The first kappa shape index (κ1) is 13.9. The minimum absolute atomic E-state index is 0.351. The summed E-state index contributed by atoms with van der Waals surface area (Å²) in [4.78, 5) is 11.2. The van der Waals surface area contributed by atoms with E-state index in [0.29, 0.717) is 5.56 Å². The fraction of sp³-hybridized carbons (Fsp3) is 0.267. The van der Waals surface area contributed by atoms with Crippen molar-refractivity contribution in [2.75, 3.05) is 0 Å². The number of benzene rings is 1. The molecule has 1 heterocycles. The van der Waals surface area contributed by atoms with Crippen LogP contribution in [0.15, 0.2) is 22.7 Å². The standard InChI is InChI=1S/C15H16BrNO2/c1-8-5-9(2)14(13(16)6-8)17-10(3)7-12(11(17)4)15(18)19/h5-7H,1-4H3,(H,18,19). The molecule has 2 aromatic rings. The molecule has 0 aliphatic rings. The molecular weight excluding hydrogens is 306 g/mol. The van der Waals surface area contributed by atoms with Crippen LogP contribution < -0.4 is 0 Å². The van der Waals surface area contributed by atoms with Gasteiger partial charge in [0.15, 0.2) is 0 Å². The molecule has 0 aliphatic carbocycles. The molecule has 0 saturated heterocycles. The number of aromatic carboxylic acids is 1. The maximum atomic E-state index is 11.2. The number of rotatable bonds is 2. The van der Waals surface area contributed by atoms with E-state index in [4.69, 9.17) is 0 Å². The van der Waals surface area contributed by atoms with Crippen LogP contribution in [0.3, 0.4) is 0 Å². The highest BCUT2D eigenvalue weighted by Gasteiger charge is 2.18. The summed E-state index contributed by atoms with van der Waals surface area (Å²) < 4.78 is 2.96. The maximum Gasteiger partial charge on any atom is 0.337 e. The van der Waals surface area contributed by atoms with Crippen molar-refractivity contribution in [2.24, 2.45) is 0 Å². The normalized spacial score (nSPS) is 10.8. The topological polar surface area (TPSA) is 42.2 Å². The number of hydrogen-bond acceptors (Lipinski definition) is 1. The van der Waals surface area contributed by atoms with E-state index in [0.717, 1.165) is 27.1 Å². The second-order valence-corrected chi connectivity index (χ2v) is 5.69. The zero-order valence-electron chi connectivity index (χ0n) is 11.4. The van der Waals surface area contributed by atoms with Gasteiger partial charge in [-0.25, -0.2) is 4.79 Å². The number of halogens is 1. The molecule has 0 saturated carbocycles. The summed E-state index contributed by atoms with van der Waals surface area (Å²) in [7, 11) is 0. The number of carboxylic acids is 1. The minimum atomic E-state index is -0.889. The fourth-order valence-corrected chi connectivity index (χ4v) is 3.37. The van der Waals surface area contributed by atoms with Crippen molar-refractivity contribution in [3.63, 3.8) is 0 Å².